The fourth-order valence-corrected chi connectivity index (χ4v) is 12.7. The van der Waals surface area contributed by atoms with Gasteiger partial charge in [-0.3, -0.25) is 0 Å². The average molecular weight is 430 g/mol. The second kappa shape index (κ2) is 5.41. The summed E-state index contributed by atoms with van der Waals surface area (Å²) in [5.41, 5.74) is 0. The molecule has 0 radical (unpaired) electrons. The van der Waals surface area contributed by atoms with Gasteiger partial charge in [-0.2, -0.15) is 0 Å². The highest BCUT2D eigenvalue weighted by atomic mass is 32.1. The number of hydrogen-bond acceptors (Lipinski definition) is 2. The van der Waals surface area contributed by atoms with E-state index >= 15 is 0 Å². The van der Waals surface area contributed by atoms with Gasteiger partial charge in [-0.25, -0.2) is 0 Å². The largest absolute Gasteiger partial charge is 0.134 e. The van der Waals surface area contributed by atoms with Gasteiger partial charge in [0.05, 0.1) is 0 Å². The molecule has 7 rings (SSSR count). The molecule has 0 aliphatic heterocycles. The summed E-state index contributed by atoms with van der Waals surface area (Å²) in [6.07, 6.45) is 0. The van der Waals surface area contributed by atoms with Gasteiger partial charge in [-0.15, -0.1) is 37.7 Å². The topological polar surface area (TPSA) is 0 Å². The molecule has 0 spiro atoms. The summed E-state index contributed by atoms with van der Waals surface area (Å²) < 4.78 is 5.96. The van der Waals surface area contributed by atoms with Gasteiger partial charge in [-0.05, 0) is 37.6 Å². The van der Waals surface area contributed by atoms with Crippen molar-refractivity contribution in [3.8, 4) is 0 Å². The van der Waals surface area contributed by atoms with Crippen molar-refractivity contribution < 1.29 is 0 Å². The summed E-state index contributed by atoms with van der Waals surface area (Å²) in [5, 5.41) is 12.4. The van der Waals surface area contributed by atoms with Crippen LogP contribution in [0.3, 0.4) is 0 Å². The van der Waals surface area contributed by atoms with Gasteiger partial charge < -0.3 is 0 Å². The standard InChI is InChI=1S/C24H16P2S2/c1-25-17-11-16-18(26(2)22-14-8-4-6-10-20(14)28-24(16)22)12-15(17)23-21(25)13-7-3-5-9-19(13)27-23/h3-12H,1-2H3. The van der Waals surface area contributed by atoms with Crippen LogP contribution in [0.15, 0.2) is 60.7 Å². The van der Waals surface area contributed by atoms with E-state index in [1.165, 1.54) is 40.3 Å². The van der Waals surface area contributed by atoms with Crippen LogP contribution in [-0.4, -0.2) is 0 Å². The van der Waals surface area contributed by atoms with Crippen molar-refractivity contribution in [1.82, 2.24) is 0 Å². The Labute approximate surface area is 172 Å². The van der Waals surface area contributed by atoms with Gasteiger partial charge in [0.1, 0.15) is 0 Å². The van der Waals surface area contributed by atoms with Crippen molar-refractivity contribution in [2.75, 3.05) is 0 Å². The lowest BCUT2D eigenvalue weighted by atomic mass is 10.2. The first-order valence-corrected chi connectivity index (χ1v) is 14.6. The van der Waals surface area contributed by atoms with E-state index in [0.717, 1.165) is 0 Å². The quantitative estimate of drug-likeness (QED) is 0.225. The fraction of sp³-hybridized carbons (Fsp3) is 0.0833. The summed E-state index contributed by atoms with van der Waals surface area (Å²) in [7, 11) is -0.542. The first-order chi connectivity index (χ1) is 13.7. The molecule has 0 amide bonds. The molecular formula is C24H16P2S2. The molecule has 2 unspecified atom stereocenters. The van der Waals surface area contributed by atoms with Crippen LogP contribution in [0.5, 0.6) is 0 Å². The Balaban J connectivity index is 1.73. The molecule has 4 aromatic heterocycles. The number of rotatable bonds is 0. The maximum absolute atomic E-state index is 2.57. The zero-order valence-electron chi connectivity index (χ0n) is 15.5. The van der Waals surface area contributed by atoms with Crippen LogP contribution in [0.25, 0.3) is 60.8 Å². The van der Waals surface area contributed by atoms with Gasteiger partial charge in [0.25, 0.3) is 0 Å². The Morgan fingerprint density at radius 3 is 1.46 bits per heavy atom. The van der Waals surface area contributed by atoms with Crippen LogP contribution < -0.4 is 0 Å². The third-order valence-corrected chi connectivity index (χ3v) is 13.3. The highest BCUT2D eigenvalue weighted by Crippen LogP contribution is 2.58. The van der Waals surface area contributed by atoms with E-state index in [-0.39, 0.29) is 15.1 Å². The molecule has 0 saturated carbocycles. The number of fused-ring (bicyclic) bond motifs is 10. The molecule has 28 heavy (non-hydrogen) atoms. The highest BCUT2D eigenvalue weighted by molar-refractivity contribution is 7.63. The van der Waals surface area contributed by atoms with Crippen molar-refractivity contribution in [3.05, 3.63) is 60.7 Å². The number of thiophene rings is 2. The third kappa shape index (κ3) is 1.83. The molecule has 0 aliphatic carbocycles. The zero-order valence-corrected chi connectivity index (χ0v) is 18.9. The van der Waals surface area contributed by atoms with Gasteiger partial charge in [0.2, 0.25) is 0 Å². The molecule has 3 aromatic carbocycles. The Morgan fingerprint density at radius 2 is 1.00 bits per heavy atom. The molecular weight excluding hydrogens is 414 g/mol. The Morgan fingerprint density at radius 1 is 0.571 bits per heavy atom. The minimum atomic E-state index is -0.271. The molecule has 7 aromatic rings. The van der Waals surface area contributed by atoms with Crippen LogP contribution in [0.2, 0.25) is 0 Å². The molecule has 4 heteroatoms. The van der Waals surface area contributed by atoms with Crippen molar-refractivity contribution >= 4 is 98.6 Å². The van der Waals surface area contributed by atoms with Crippen LogP contribution in [0, 0.1) is 0 Å². The van der Waals surface area contributed by atoms with Gasteiger partial charge in [-0.1, -0.05) is 36.4 Å². The van der Waals surface area contributed by atoms with E-state index in [1.807, 2.05) is 22.7 Å². The van der Waals surface area contributed by atoms with E-state index in [4.69, 9.17) is 0 Å². The van der Waals surface area contributed by atoms with Gasteiger partial charge in [0, 0.05) is 60.8 Å². The minimum Gasteiger partial charge on any atom is -0.134 e. The second-order valence-electron chi connectivity index (χ2n) is 7.56. The first-order valence-electron chi connectivity index (χ1n) is 9.41. The molecule has 2 atom stereocenters. The summed E-state index contributed by atoms with van der Waals surface area (Å²) >= 11 is 3.99. The number of aryl methyl sites for hydroxylation is 2. The zero-order chi connectivity index (χ0) is 18.6. The maximum Gasteiger partial charge on any atom is 0.0477 e. The van der Waals surface area contributed by atoms with Crippen LogP contribution in [-0.2, 0) is 13.3 Å². The fourth-order valence-electron chi connectivity index (χ4n) is 4.83. The SMILES string of the molecule is Cp1c2cc3c4sc5ccccc5c4p(C)c3cc2c2sc3ccccc3c21. The van der Waals surface area contributed by atoms with E-state index < -0.39 is 0 Å². The van der Waals surface area contributed by atoms with Crippen molar-refractivity contribution in [1.29, 1.82) is 0 Å². The van der Waals surface area contributed by atoms with E-state index in [9.17, 15) is 0 Å². The first kappa shape index (κ1) is 16.0. The Kier molecular flexibility index (Phi) is 3.10. The summed E-state index contributed by atoms with van der Waals surface area (Å²) in [6.45, 7) is 4.92. The van der Waals surface area contributed by atoms with E-state index in [2.05, 4.69) is 74.0 Å². The highest BCUT2D eigenvalue weighted by Gasteiger charge is 2.19. The third-order valence-electron chi connectivity index (χ3n) is 6.14. The monoisotopic (exact) mass is 430 g/mol. The summed E-state index contributed by atoms with van der Waals surface area (Å²) in [5.74, 6) is 0. The Hall–Kier alpha value is -1.82. The predicted molar refractivity (Wildman–Crippen MR) is 135 cm³/mol. The average Bonchev–Trinajstić information content (AvgIpc) is 3.42. The molecule has 134 valence electrons. The smallest absolute Gasteiger partial charge is 0.0477 e. The molecule has 0 saturated heterocycles. The molecule has 0 nitrogen and oxygen atoms in total. The summed E-state index contributed by atoms with van der Waals surface area (Å²) in [6, 6.07) is 23.1. The van der Waals surface area contributed by atoms with Crippen molar-refractivity contribution in [3.63, 3.8) is 0 Å². The molecule has 0 bridgehead atoms. The number of hydrogen-bond donors (Lipinski definition) is 0. The number of benzene rings is 3. The van der Waals surface area contributed by atoms with Gasteiger partial charge >= 0.3 is 0 Å². The normalized spacial score (nSPS) is 13.9. The lowest BCUT2D eigenvalue weighted by molar-refractivity contribution is 1.87. The Bertz CT molecular complexity index is 1610. The summed E-state index contributed by atoms with van der Waals surface area (Å²) in [4.78, 5) is 0. The minimum absolute atomic E-state index is 0.271. The molecule has 0 N–H and O–H groups in total. The van der Waals surface area contributed by atoms with Crippen molar-refractivity contribution in [2.45, 2.75) is 0 Å². The van der Waals surface area contributed by atoms with E-state index in [0.29, 0.717) is 0 Å². The van der Waals surface area contributed by atoms with Gasteiger partial charge in [0.15, 0.2) is 0 Å². The van der Waals surface area contributed by atoms with Crippen LogP contribution >= 0.6 is 37.7 Å². The molecule has 0 aliphatic rings. The van der Waals surface area contributed by atoms with Crippen molar-refractivity contribution in [2.24, 2.45) is 13.3 Å². The second-order valence-corrected chi connectivity index (χ2v) is 13.8. The predicted octanol–water partition coefficient (Wildman–Crippen LogP) is 9.78. The van der Waals surface area contributed by atoms with E-state index in [1.54, 1.807) is 20.5 Å². The lowest BCUT2D eigenvalue weighted by Crippen LogP contribution is -1.66. The van der Waals surface area contributed by atoms with Crippen LogP contribution in [0.4, 0.5) is 0 Å². The molecule has 4 heterocycles. The molecule has 0 fully saturated rings. The lowest BCUT2D eigenvalue weighted by Gasteiger charge is -1.99. The van der Waals surface area contributed by atoms with Crippen LogP contribution in [0.1, 0.15) is 0 Å². The maximum atomic E-state index is 2.57.